The van der Waals surface area contributed by atoms with Crippen molar-refractivity contribution in [1.29, 1.82) is 0 Å². The van der Waals surface area contributed by atoms with Crippen molar-refractivity contribution < 1.29 is 9.72 Å². The number of aryl methyl sites for hydroxylation is 1. The van der Waals surface area contributed by atoms with Crippen LogP contribution in [0.15, 0.2) is 96.2 Å². The number of aromatic nitrogens is 3. The first kappa shape index (κ1) is 25.9. The predicted octanol–water partition coefficient (Wildman–Crippen LogP) is 6.81. The summed E-state index contributed by atoms with van der Waals surface area (Å²) in [6.45, 7) is 3.87. The molecule has 0 saturated carbocycles. The van der Waals surface area contributed by atoms with E-state index < -0.39 is 11.0 Å². The predicted molar refractivity (Wildman–Crippen MR) is 153 cm³/mol. The van der Waals surface area contributed by atoms with Crippen LogP contribution in [0.2, 0.25) is 0 Å². The number of hydrogen-bond donors (Lipinski definition) is 2. The number of carbonyl (C=O) groups excluding carboxylic acids is 1. The number of nitrogens with one attached hydrogen (secondary N) is 2. The van der Waals surface area contributed by atoms with Gasteiger partial charge in [0.2, 0.25) is 0 Å². The van der Waals surface area contributed by atoms with Gasteiger partial charge < -0.3 is 10.6 Å². The molecule has 1 unspecified atom stereocenters. The maximum atomic E-state index is 13.0. The van der Waals surface area contributed by atoms with Crippen LogP contribution >= 0.6 is 11.8 Å². The summed E-state index contributed by atoms with van der Waals surface area (Å²) in [6.07, 6.45) is 0. The molecule has 5 rings (SSSR count). The quantitative estimate of drug-likeness (QED) is 0.127. The third kappa shape index (κ3) is 5.91. The normalized spacial score (nSPS) is 11.7. The number of nitrogens with zero attached hydrogens (tertiary/aromatic N) is 4. The van der Waals surface area contributed by atoms with E-state index in [0.717, 1.165) is 16.3 Å². The van der Waals surface area contributed by atoms with Gasteiger partial charge >= 0.3 is 6.03 Å². The molecule has 0 aliphatic heterocycles. The minimum absolute atomic E-state index is 0.0111. The lowest BCUT2D eigenvalue weighted by molar-refractivity contribution is -0.384. The number of carbonyl (C=O) groups is 1. The van der Waals surface area contributed by atoms with Crippen LogP contribution in [0, 0.1) is 17.0 Å². The number of anilines is 1. The molecule has 0 bridgehead atoms. The van der Waals surface area contributed by atoms with E-state index in [4.69, 9.17) is 0 Å². The summed E-state index contributed by atoms with van der Waals surface area (Å²) < 4.78 is 1.83. The van der Waals surface area contributed by atoms with Gasteiger partial charge in [0.05, 0.1) is 16.7 Å². The highest BCUT2D eigenvalue weighted by molar-refractivity contribution is 7.98. The van der Waals surface area contributed by atoms with Gasteiger partial charge in [0.25, 0.3) is 5.69 Å². The number of hydrogen-bond acceptors (Lipinski definition) is 6. The number of amides is 2. The van der Waals surface area contributed by atoms with E-state index in [1.54, 1.807) is 12.1 Å². The Morgan fingerprint density at radius 3 is 2.51 bits per heavy atom. The van der Waals surface area contributed by atoms with Gasteiger partial charge in [-0.15, -0.1) is 10.2 Å². The van der Waals surface area contributed by atoms with Gasteiger partial charge in [0, 0.05) is 29.0 Å². The number of rotatable bonds is 8. The van der Waals surface area contributed by atoms with E-state index >= 15 is 0 Å². The van der Waals surface area contributed by atoms with E-state index in [2.05, 4.69) is 33.0 Å². The Kier molecular flexibility index (Phi) is 7.55. The lowest BCUT2D eigenvalue weighted by Crippen LogP contribution is -2.32. The van der Waals surface area contributed by atoms with Gasteiger partial charge in [-0.25, -0.2) is 4.79 Å². The molecule has 0 aliphatic carbocycles. The summed E-state index contributed by atoms with van der Waals surface area (Å²) in [6, 6.07) is 27.1. The molecule has 1 aromatic heterocycles. The zero-order chi connectivity index (χ0) is 27.4. The second kappa shape index (κ2) is 11.4. The molecule has 0 fully saturated rings. The second-order valence-corrected chi connectivity index (χ2v) is 10.0. The van der Waals surface area contributed by atoms with E-state index in [1.807, 2.05) is 73.0 Å². The maximum absolute atomic E-state index is 13.0. The van der Waals surface area contributed by atoms with Crippen molar-refractivity contribution in [3.8, 4) is 5.69 Å². The molecule has 5 aromatic rings. The average Bonchev–Trinajstić information content (AvgIpc) is 3.36. The van der Waals surface area contributed by atoms with Crippen LogP contribution < -0.4 is 10.6 Å². The Morgan fingerprint density at radius 1 is 1.00 bits per heavy atom. The number of non-ortho nitro benzene ring substituents is 1. The first-order valence-corrected chi connectivity index (χ1v) is 13.3. The van der Waals surface area contributed by atoms with Crippen molar-refractivity contribution in [1.82, 2.24) is 20.1 Å². The number of benzene rings is 4. The second-order valence-electron chi connectivity index (χ2n) is 9.07. The first-order valence-electron chi connectivity index (χ1n) is 12.3. The van der Waals surface area contributed by atoms with Crippen molar-refractivity contribution in [2.24, 2.45) is 0 Å². The lowest BCUT2D eigenvalue weighted by atomic mass is 10.1. The molecule has 0 aliphatic rings. The minimum atomic E-state index is -0.518. The van der Waals surface area contributed by atoms with Crippen LogP contribution in [0.1, 0.15) is 29.9 Å². The fourth-order valence-electron chi connectivity index (χ4n) is 4.33. The third-order valence-electron chi connectivity index (χ3n) is 6.20. The van der Waals surface area contributed by atoms with E-state index in [-0.39, 0.29) is 11.7 Å². The molecular weight excluding hydrogens is 512 g/mol. The van der Waals surface area contributed by atoms with Gasteiger partial charge in [0.15, 0.2) is 11.0 Å². The van der Waals surface area contributed by atoms with Crippen LogP contribution in [0.4, 0.5) is 16.2 Å². The number of nitro benzene ring substituents is 1. The Bertz CT molecular complexity index is 1650. The van der Waals surface area contributed by atoms with Crippen molar-refractivity contribution >= 4 is 39.9 Å². The fourth-order valence-corrected chi connectivity index (χ4v) is 5.23. The summed E-state index contributed by atoms with van der Waals surface area (Å²) in [4.78, 5) is 23.8. The number of nitro groups is 1. The molecule has 9 nitrogen and oxygen atoms in total. The molecule has 4 aromatic carbocycles. The van der Waals surface area contributed by atoms with Crippen LogP contribution in [0.5, 0.6) is 0 Å². The largest absolute Gasteiger partial charge is 0.328 e. The van der Waals surface area contributed by atoms with Crippen LogP contribution in [0.3, 0.4) is 0 Å². The average molecular weight is 539 g/mol. The Morgan fingerprint density at radius 2 is 1.74 bits per heavy atom. The molecule has 1 heterocycles. The van der Waals surface area contributed by atoms with Gasteiger partial charge in [-0.3, -0.25) is 14.7 Å². The number of urea groups is 1. The maximum Gasteiger partial charge on any atom is 0.319 e. The first-order chi connectivity index (χ1) is 18.9. The summed E-state index contributed by atoms with van der Waals surface area (Å²) in [5.41, 5.74) is 3.66. The molecule has 1 atom stereocenters. The Hall–Kier alpha value is -4.70. The molecule has 10 heteroatoms. The van der Waals surface area contributed by atoms with Crippen LogP contribution in [-0.4, -0.2) is 25.7 Å². The zero-order valence-electron chi connectivity index (χ0n) is 21.4. The Balaban J connectivity index is 1.40. The molecule has 2 N–H and O–H groups in total. The number of fused-ring (bicyclic) bond motifs is 1. The van der Waals surface area contributed by atoms with Crippen molar-refractivity contribution in [3.63, 3.8) is 0 Å². The van der Waals surface area contributed by atoms with Crippen LogP contribution in [0.25, 0.3) is 16.5 Å². The van der Waals surface area contributed by atoms with Gasteiger partial charge in [-0.05, 0) is 43.0 Å². The summed E-state index contributed by atoms with van der Waals surface area (Å²) in [5.74, 6) is 1.17. The topological polar surface area (TPSA) is 115 Å². The summed E-state index contributed by atoms with van der Waals surface area (Å²) >= 11 is 1.50. The van der Waals surface area contributed by atoms with Gasteiger partial charge in [-0.2, -0.15) is 0 Å². The van der Waals surface area contributed by atoms with E-state index in [1.165, 1.54) is 29.5 Å². The van der Waals surface area contributed by atoms with Crippen molar-refractivity contribution in [2.75, 3.05) is 5.32 Å². The highest BCUT2D eigenvalue weighted by Crippen LogP contribution is 2.29. The van der Waals surface area contributed by atoms with Crippen molar-refractivity contribution in [2.45, 2.75) is 30.8 Å². The highest BCUT2D eigenvalue weighted by Gasteiger charge is 2.22. The minimum Gasteiger partial charge on any atom is -0.328 e. The van der Waals surface area contributed by atoms with Crippen molar-refractivity contribution in [3.05, 3.63) is 118 Å². The highest BCUT2D eigenvalue weighted by atomic mass is 32.2. The lowest BCUT2D eigenvalue weighted by Gasteiger charge is -2.17. The molecule has 0 spiro atoms. The number of thioether (sulfide) groups is 1. The van der Waals surface area contributed by atoms with E-state index in [0.29, 0.717) is 28.1 Å². The van der Waals surface area contributed by atoms with Gasteiger partial charge in [-0.1, -0.05) is 78.0 Å². The smallest absolute Gasteiger partial charge is 0.319 e. The van der Waals surface area contributed by atoms with Gasteiger partial charge in [0.1, 0.15) is 0 Å². The Labute approximate surface area is 229 Å². The fraction of sp³-hybridized carbons (Fsp3) is 0.138. The molecular formula is C29H26N6O3S. The van der Waals surface area contributed by atoms with Crippen LogP contribution in [-0.2, 0) is 5.75 Å². The molecule has 0 radical (unpaired) electrons. The monoisotopic (exact) mass is 538 g/mol. The molecule has 0 saturated heterocycles. The zero-order valence-corrected chi connectivity index (χ0v) is 22.2. The molecule has 196 valence electrons. The third-order valence-corrected chi connectivity index (χ3v) is 7.20. The summed E-state index contributed by atoms with van der Waals surface area (Å²) in [7, 11) is 0. The molecule has 2 amide bonds. The molecule has 39 heavy (non-hydrogen) atoms. The summed E-state index contributed by atoms with van der Waals surface area (Å²) in [5, 5.41) is 28.5. The van der Waals surface area contributed by atoms with E-state index in [9.17, 15) is 14.9 Å². The SMILES string of the molecule is Cc1cccc(CSc2nnc(C(C)NC(=O)Nc3cccc4ccccc34)n2-c2ccc([N+](=O)[O-])cc2)c1. The standard InChI is InChI=1S/C29H26N6O3S/c1-19-7-5-8-21(17-19)18-39-29-33-32-27(34(29)23-13-15-24(16-14-23)35(37)38)20(2)30-28(36)31-26-12-6-10-22-9-3-4-11-25(22)26/h3-17,20H,18H2,1-2H3,(H2,30,31,36).